The Morgan fingerprint density at radius 3 is 2.79 bits per heavy atom. The third-order valence-corrected chi connectivity index (χ3v) is 7.52. The quantitative estimate of drug-likeness (QED) is 0.749. The van der Waals surface area contributed by atoms with Crippen LogP contribution in [0.15, 0.2) is 24.3 Å². The average Bonchev–Trinajstić information content (AvgIpc) is 3.15. The number of aryl methyl sites for hydroxylation is 2. The normalized spacial score (nSPS) is 18.2. The highest BCUT2D eigenvalue weighted by Crippen LogP contribution is 2.27. The van der Waals surface area contributed by atoms with Crippen molar-refractivity contribution in [1.82, 2.24) is 14.7 Å². The number of aromatic nitrogens is 2. The number of thiocarbonyl (C=S) groups is 1. The first-order chi connectivity index (χ1) is 13.2. The number of nitrogens with one attached hydrogen (secondary N) is 1. The largest absolute Gasteiger partial charge is 0.348 e. The van der Waals surface area contributed by atoms with Crippen LogP contribution in [0, 0.1) is 13.8 Å². The first kappa shape index (κ1) is 20.8. The molecule has 0 spiro atoms. The van der Waals surface area contributed by atoms with Crippen LogP contribution in [-0.2, 0) is 22.8 Å². The topological polar surface area (TPSA) is 67.2 Å². The van der Waals surface area contributed by atoms with Crippen LogP contribution < -0.4 is 5.32 Å². The van der Waals surface area contributed by atoms with Gasteiger partial charge in [0, 0.05) is 30.5 Å². The van der Waals surface area contributed by atoms with E-state index in [1.54, 1.807) is 0 Å². The van der Waals surface area contributed by atoms with Crippen LogP contribution in [0.5, 0.6) is 0 Å². The zero-order valence-electron chi connectivity index (χ0n) is 16.9. The SMILES string of the molecule is CCc1cccc(NC(=S)N(C)Cc2c(C)nn([C@H]3CCS(=O)(=O)C3)c2C)c1. The molecule has 0 bridgehead atoms. The molecule has 1 aromatic heterocycles. The Morgan fingerprint density at radius 1 is 1.39 bits per heavy atom. The van der Waals surface area contributed by atoms with Crippen molar-refractivity contribution < 1.29 is 8.42 Å². The molecule has 1 fully saturated rings. The molecule has 1 saturated heterocycles. The summed E-state index contributed by atoms with van der Waals surface area (Å²) < 4.78 is 25.6. The van der Waals surface area contributed by atoms with Crippen LogP contribution in [0.25, 0.3) is 0 Å². The summed E-state index contributed by atoms with van der Waals surface area (Å²) in [5.41, 5.74) is 5.27. The van der Waals surface area contributed by atoms with E-state index in [1.807, 2.05) is 42.6 Å². The second-order valence-corrected chi connectivity index (χ2v) is 10.1. The highest BCUT2D eigenvalue weighted by molar-refractivity contribution is 7.91. The van der Waals surface area contributed by atoms with Crippen LogP contribution >= 0.6 is 12.2 Å². The lowest BCUT2D eigenvalue weighted by molar-refractivity contribution is 0.479. The van der Waals surface area contributed by atoms with Gasteiger partial charge in [0.25, 0.3) is 0 Å². The lowest BCUT2D eigenvalue weighted by atomic mass is 10.1. The van der Waals surface area contributed by atoms with Crippen molar-refractivity contribution in [3.8, 4) is 0 Å². The van der Waals surface area contributed by atoms with Gasteiger partial charge in [0.2, 0.25) is 0 Å². The Hall–Kier alpha value is -1.93. The molecule has 2 aromatic rings. The van der Waals surface area contributed by atoms with Gasteiger partial charge in [-0.3, -0.25) is 4.68 Å². The molecule has 1 aliphatic heterocycles. The molecule has 3 rings (SSSR count). The summed E-state index contributed by atoms with van der Waals surface area (Å²) in [7, 11) is -0.989. The lowest BCUT2D eigenvalue weighted by Gasteiger charge is -2.22. The van der Waals surface area contributed by atoms with Crippen LogP contribution in [0.1, 0.15) is 41.9 Å². The van der Waals surface area contributed by atoms with Crippen molar-refractivity contribution in [3.05, 3.63) is 46.8 Å². The lowest BCUT2D eigenvalue weighted by Crippen LogP contribution is -2.31. The number of hydrogen-bond acceptors (Lipinski definition) is 4. The minimum absolute atomic E-state index is 0.0652. The van der Waals surface area contributed by atoms with Gasteiger partial charge < -0.3 is 10.2 Å². The molecule has 1 aromatic carbocycles. The van der Waals surface area contributed by atoms with E-state index >= 15 is 0 Å². The summed E-state index contributed by atoms with van der Waals surface area (Å²) in [4.78, 5) is 1.99. The summed E-state index contributed by atoms with van der Waals surface area (Å²) in [6, 6.07) is 8.17. The number of sulfone groups is 1. The van der Waals surface area contributed by atoms with Crippen molar-refractivity contribution in [2.75, 3.05) is 23.9 Å². The number of rotatable bonds is 5. The minimum Gasteiger partial charge on any atom is -0.348 e. The standard InChI is InChI=1S/C20H28N4O2S2/c1-5-16-7-6-8-17(11-16)21-20(27)23(4)12-19-14(2)22-24(15(19)3)18-9-10-28(25,26)13-18/h6-8,11,18H,5,9-10,12-13H2,1-4H3,(H,21,27)/t18-/m0/s1. The summed E-state index contributed by atoms with van der Waals surface area (Å²) >= 11 is 5.58. The molecule has 0 unspecified atom stereocenters. The van der Waals surface area contributed by atoms with E-state index < -0.39 is 9.84 Å². The predicted octanol–water partition coefficient (Wildman–Crippen LogP) is 3.25. The third-order valence-electron chi connectivity index (χ3n) is 5.36. The second kappa shape index (κ2) is 8.21. The summed E-state index contributed by atoms with van der Waals surface area (Å²) in [6.07, 6.45) is 1.61. The molecule has 28 heavy (non-hydrogen) atoms. The van der Waals surface area contributed by atoms with Crippen molar-refractivity contribution >= 4 is 32.9 Å². The first-order valence-electron chi connectivity index (χ1n) is 9.56. The number of anilines is 1. The maximum absolute atomic E-state index is 11.8. The molecular weight excluding hydrogens is 392 g/mol. The van der Waals surface area contributed by atoms with E-state index in [0.29, 0.717) is 18.1 Å². The molecule has 2 heterocycles. The van der Waals surface area contributed by atoms with Crippen molar-refractivity contribution in [2.45, 2.75) is 46.2 Å². The smallest absolute Gasteiger partial charge is 0.173 e. The van der Waals surface area contributed by atoms with E-state index in [0.717, 1.165) is 29.1 Å². The fourth-order valence-corrected chi connectivity index (χ4v) is 5.52. The molecule has 1 aliphatic rings. The number of benzene rings is 1. The molecule has 0 amide bonds. The molecule has 0 radical (unpaired) electrons. The fourth-order valence-electron chi connectivity index (χ4n) is 3.65. The second-order valence-electron chi connectivity index (χ2n) is 7.49. The fraction of sp³-hybridized carbons (Fsp3) is 0.500. The van der Waals surface area contributed by atoms with E-state index in [1.165, 1.54) is 5.56 Å². The molecule has 6 nitrogen and oxygen atoms in total. The van der Waals surface area contributed by atoms with Crippen molar-refractivity contribution in [2.24, 2.45) is 0 Å². The molecule has 1 N–H and O–H groups in total. The van der Waals surface area contributed by atoms with Crippen LogP contribution in [-0.4, -0.2) is 46.8 Å². The summed E-state index contributed by atoms with van der Waals surface area (Å²) in [6.45, 7) is 6.73. The highest BCUT2D eigenvalue weighted by atomic mass is 32.2. The van der Waals surface area contributed by atoms with Gasteiger partial charge >= 0.3 is 0 Å². The average molecular weight is 421 g/mol. The summed E-state index contributed by atoms with van der Waals surface area (Å²) in [5.74, 6) is 0.425. The van der Waals surface area contributed by atoms with Crippen LogP contribution in [0.2, 0.25) is 0 Å². The van der Waals surface area contributed by atoms with Gasteiger partial charge in [0.15, 0.2) is 14.9 Å². The molecule has 8 heteroatoms. The van der Waals surface area contributed by atoms with Gasteiger partial charge in [-0.15, -0.1) is 0 Å². The van der Waals surface area contributed by atoms with E-state index in [2.05, 4.69) is 29.5 Å². The molecule has 152 valence electrons. The maximum Gasteiger partial charge on any atom is 0.173 e. The van der Waals surface area contributed by atoms with Gasteiger partial charge in [-0.05, 0) is 56.6 Å². The zero-order chi connectivity index (χ0) is 20.5. The Kier molecular flexibility index (Phi) is 6.09. The maximum atomic E-state index is 11.8. The van der Waals surface area contributed by atoms with Gasteiger partial charge in [-0.2, -0.15) is 5.10 Å². The third kappa shape index (κ3) is 4.55. The van der Waals surface area contributed by atoms with Gasteiger partial charge in [-0.1, -0.05) is 19.1 Å². The van der Waals surface area contributed by atoms with E-state index in [-0.39, 0.29) is 17.5 Å². The molecule has 0 saturated carbocycles. The van der Waals surface area contributed by atoms with Crippen LogP contribution in [0.3, 0.4) is 0 Å². The van der Waals surface area contributed by atoms with Gasteiger partial charge in [0.05, 0.1) is 23.2 Å². The first-order valence-corrected chi connectivity index (χ1v) is 11.8. The molecule has 0 aliphatic carbocycles. The zero-order valence-corrected chi connectivity index (χ0v) is 18.5. The van der Waals surface area contributed by atoms with Gasteiger partial charge in [0.1, 0.15) is 0 Å². The summed E-state index contributed by atoms with van der Waals surface area (Å²) in [5, 5.41) is 8.58. The monoisotopic (exact) mass is 420 g/mol. The Balaban J connectivity index is 1.71. The molecule has 1 atom stereocenters. The minimum atomic E-state index is -2.94. The Morgan fingerprint density at radius 2 is 2.14 bits per heavy atom. The van der Waals surface area contributed by atoms with Gasteiger partial charge in [-0.25, -0.2) is 8.42 Å². The Bertz CT molecular complexity index is 982. The van der Waals surface area contributed by atoms with E-state index in [4.69, 9.17) is 12.2 Å². The number of nitrogens with zero attached hydrogens (tertiary/aromatic N) is 3. The number of hydrogen-bond donors (Lipinski definition) is 1. The van der Waals surface area contributed by atoms with E-state index in [9.17, 15) is 8.42 Å². The highest BCUT2D eigenvalue weighted by Gasteiger charge is 2.31. The van der Waals surface area contributed by atoms with Crippen LogP contribution in [0.4, 0.5) is 5.69 Å². The molecular formula is C20H28N4O2S2. The van der Waals surface area contributed by atoms with Crippen molar-refractivity contribution in [1.29, 1.82) is 0 Å². The Labute approximate surface area is 172 Å². The predicted molar refractivity (Wildman–Crippen MR) is 118 cm³/mol. The van der Waals surface area contributed by atoms with Crippen molar-refractivity contribution in [3.63, 3.8) is 0 Å².